The highest BCUT2D eigenvalue weighted by Crippen LogP contribution is 2.33. The van der Waals surface area contributed by atoms with Crippen molar-refractivity contribution < 1.29 is 19.1 Å². The summed E-state index contributed by atoms with van der Waals surface area (Å²) in [4.78, 5) is 28.9. The summed E-state index contributed by atoms with van der Waals surface area (Å²) in [6.07, 6.45) is -0.114. The maximum absolute atomic E-state index is 12.9. The Morgan fingerprint density at radius 1 is 1.24 bits per heavy atom. The molecule has 0 radical (unpaired) electrons. The van der Waals surface area contributed by atoms with Gasteiger partial charge in [0, 0.05) is 32.0 Å². The Bertz CT molecular complexity index is 947. The molecular formula is C20H27N5O4. The number of hydrogen-bond donors (Lipinski definition) is 1. The highest BCUT2D eigenvalue weighted by molar-refractivity contribution is 5.95. The second-order valence-corrected chi connectivity index (χ2v) is 8.23. The van der Waals surface area contributed by atoms with E-state index < -0.39 is 6.10 Å². The van der Waals surface area contributed by atoms with E-state index in [9.17, 15) is 14.7 Å². The molecule has 2 amide bonds. The van der Waals surface area contributed by atoms with Gasteiger partial charge < -0.3 is 23.9 Å². The normalized spacial score (nSPS) is 21.7. The third-order valence-corrected chi connectivity index (χ3v) is 5.69. The minimum absolute atomic E-state index is 0.00214. The first kappa shape index (κ1) is 19.6. The minimum atomic E-state index is -0.565. The molecule has 2 aromatic rings. The third-order valence-electron chi connectivity index (χ3n) is 5.69. The zero-order chi connectivity index (χ0) is 20.9. The molecule has 2 aromatic heterocycles. The first-order valence-electron chi connectivity index (χ1n) is 10.0. The number of aliphatic hydroxyl groups excluding tert-OH is 1. The van der Waals surface area contributed by atoms with Crippen LogP contribution in [0.1, 0.15) is 59.8 Å². The first-order chi connectivity index (χ1) is 13.8. The van der Waals surface area contributed by atoms with Crippen LogP contribution in [0, 0.1) is 19.8 Å². The molecule has 2 aliphatic rings. The van der Waals surface area contributed by atoms with Gasteiger partial charge in [0.25, 0.3) is 5.91 Å². The van der Waals surface area contributed by atoms with E-state index in [1.165, 1.54) is 0 Å². The summed E-state index contributed by atoms with van der Waals surface area (Å²) >= 11 is 0. The standard InChI is InChI=1S/C20H27N5O4/c1-11(2)19(27)25-9-14(26)8-16(25)18-22-21-17-10-23(5-6-24(17)18)20(28)15-7-12(3)29-13(15)4/h7,11,14,16,26H,5-6,8-10H2,1-4H3/t14-,16+/m1/s1. The predicted octanol–water partition coefficient (Wildman–Crippen LogP) is 1.43. The molecule has 0 spiro atoms. The number of carbonyl (C=O) groups is 2. The summed E-state index contributed by atoms with van der Waals surface area (Å²) in [5.74, 6) is 2.47. The number of furan rings is 1. The van der Waals surface area contributed by atoms with Crippen LogP contribution in [0.3, 0.4) is 0 Å². The number of likely N-dealkylation sites (tertiary alicyclic amines) is 1. The lowest BCUT2D eigenvalue weighted by Crippen LogP contribution is -2.40. The fourth-order valence-corrected chi connectivity index (χ4v) is 4.25. The van der Waals surface area contributed by atoms with Gasteiger partial charge >= 0.3 is 0 Å². The van der Waals surface area contributed by atoms with Crippen LogP contribution in [-0.2, 0) is 17.9 Å². The monoisotopic (exact) mass is 401 g/mol. The fourth-order valence-electron chi connectivity index (χ4n) is 4.25. The molecular weight excluding hydrogens is 374 g/mol. The molecule has 0 saturated carbocycles. The quantitative estimate of drug-likeness (QED) is 0.834. The van der Waals surface area contributed by atoms with Crippen LogP contribution in [0.25, 0.3) is 0 Å². The minimum Gasteiger partial charge on any atom is -0.466 e. The molecule has 9 heteroatoms. The van der Waals surface area contributed by atoms with Gasteiger partial charge in [0.15, 0.2) is 11.6 Å². The summed E-state index contributed by atoms with van der Waals surface area (Å²) in [7, 11) is 0. The van der Waals surface area contributed by atoms with Crippen LogP contribution >= 0.6 is 0 Å². The topological polar surface area (TPSA) is 105 Å². The highest BCUT2D eigenvalue weighted by Gasteiger charge is 2.40. The Kier molecular flexibility index (Phi) is 4.94. The van der Waals surface area contributed by atoms with E-state index in [1.54, 1.807) is 22.8 Å². The smallest absolute Gasteiger partial charge is 0.257 e. The maximum Gasteiger partial charge on any atom is 0.257 e. The lowest BCUT2D eigenvalue weighted by atomic mass is 10.1. The van der Waals surface area contributed by atoms with Gasteiger partial charge in [-0.2, -0.15) is 0 Å². The van der Waals surface area contributed by atoms with Crippen molar-refractivity contribution in [2.75, 3.05) is 13.1 Å². The molecule has 9 nitrogen and oxygen atoms in total. The molecule has 4 rings (SSSR count). The Morgan fingerprint density at radius 2 is 2.00 bits per heavy atom. The molecule has 1 saturated heterocycles. The van der Waals surface area contributed by atoms with Crippen molar-refractivity contribution in [1.29, 1.82) is 0 Å². The summed E-state index contributed by atoms with van der Waals surface area (Å²) in [5, 5.41) is 18.8. The maximum atomic E-state index is 12.9. The number of amides is 2. The highest BCUT2D eigenvalue weighted by atomic mass is 16.3. The molecule has 4 heterocycles. The van der Waals surface area contributed by atoms with E-state index in [0.717, 1.165) is 0 Å². The Balaban J connectivity index is 1.56. The molecule has 0 aliphatic carbocycles. The molecule has 1 N–H and O–H groups in total. The number of aromatic nitrogens is 3. The van der Waals surface area contributed by atoms with Crippen molar-refractivity contribution in [3.05, 3.63) is 34.8 Å². The van der Waals surface area contributed by atoms with Crippen LogP contribution in [0.4, 0.5) is 0 Å². The number of fused-ring (bicyclic) bond motifs is 1. The van der Waals surface area contributed by atoms with Crippen LogP contribution < -0.4 is 0 Å². The molecule has 2 atom stereocenters. The van der Waals surface area contributed by atoms with Crippen molar-refractivity contribution in [3.8, 4) is 0 Å². The van der Waals surface area contributed by atoms with Gasteiger partial charge in [-0.15, -0.1) is 10.2 Å². The van der Waals surface area contributed by atoms with Crippen LogP contribution in [0.5, 0.6) is 0 Å². The zero-order valence-electron chi connectivity index (χ0n) is 17.3. The molecule has 29 heavy (non-hydrogen) atoms. The van der Waals surface area contributed by atoms with Crippen molar-refractivity contribution in [3.63, 3.8) is 0 Å². The number of carbonyl (C=O) groups excluding carboxylic acids is 2. The average molecular weight is 401 g/mol. The number of hydrogen-bond acceptors (Lipinski definition) is 6. The molecule has 0 aromatic carbocycles. The van der Waals surface area contributed by atoms with Gasteiger partial charge in [-0.05, 0) is 19.9 Å². The Morgan fingerprint density at radius 3 is 2.66 bits per heavy atom. The molecule has 0 bridgehead atoms. The molecule has 1 fully saturated rings. The van der Waals surface area contributed by atoms with E-state index in [2.05, 4.69) is 10.2 Å². The van der Waals surface area contributed by atoms with Gasteiger partial charge in [0.1, 0.15) is 11.5 Å². The van der Waals surface area contributed by atoms with E-state index >= 15 is 0 Å². The van der Waals surface area contributed by atoms with Crippen molar-refractivity contribution in [1.82, 2.24) is 24.6 Å². The van der Waals surface area contributed by atoms with Crippen molar-refractivity contribution in [2.24, 2.45) is 5.92 Å². The molecule has 2 aliphatic heterocycles. The summed E-state index contributed by atoms with van der Waals surface area (Å²) in [5.41, 5.74) is 0.573. The molecule has 0 unspecified atom stereocenters. The third kappa shape index (κ3) is 3.43. The summed E-state index contributed by atoms with van der Waals surface area (Å²) < 4.78 is 7.48. The first-order valence-corrected chi connectivity index (χ1v) is 10.0. The van der Waals surface area contributed by atoms with E-state index in [-0.39, 0.29) is 23.8 Å². The number of rotatable bonds is 3. The van der Waals surface area contributed by atoms with Crippen LogP contribution in [-0.4, -0.2) is 60.7 Å². The Labute approximate surface area is 169 Å². The van der Waals surface area contributed by atoms with Gasteiger partial charge in [-0.25, -0.2) is 0 Å². The predicted molar refractivity (Wildman–Crippen MR) is 103 cm³/mol. The zero-order valence-corrected chi connectivity index (χ0v) is 17.3. The van der Waals surface area contributed by atoms with Gasteiger partial charge in [-0.3, -0.25) is 9.59 Å². The number of nitrogens with zero attached hydrogens (tertiary/aromatic N) is 5. The average Bonchev–Trinajstić information content (AvgIpc) is 3.35. The number of aryl methyl sites for hydroxylation is 2. The SMILES string of the molecule is Cc1cc(C(=O)N2CCn3c(nnc3[C@@H]3C[C@@H](O)CN3C(=O)C(C)C)C2)c(C)o1. The summed E-state index contributed by atoms with van der Waals surface area (Å²) in [6.45, 7) is 9.05. The lowest BCUT2D eigenvalue weighted by molar-refractivity contribution is -0.135. The van der Waals surface area contributed by atoms with E-state index in [0.29, 0.717) is 61.3 Å². The van der Waals surface area contributed by atoms with Gasteiger partial charge in [0.05, 0.1) is 24.3 Å². The van der Waals surface area contributed by atoms with E-state index in [1.807, 2.05) is 25.3 Å². The fraction of sp³-hybridized carbons (Fsp3) is 0.600. The van der Waals surface area contributed by atoms with Crippen molar-refractivity contribution in [2.45, 2.75) is 59.4 Å². The van der Waals surface area contributed by atoms with E-state index in [4.69, 9.17) is 4.42 Å². The second kappa shape index (κ2) is 7.29. The number of aliphatic hydroxyl groups is 1. The van der Waals surface area contributed by atoms with Crippen molar-refractivity contribution >= 4 is 11.8 Å². The second-order valence-electron chi connectivity index (χ2n) is 8.23. The largest absolute Gasteiger partial charge is 0.466 e. The lowest BCUT2D eigenvalue weighted by Gasteiger charge is -2.30. The summed E-state index contributed by atoms with van der Waals surface area (Å²) in [6, 6.07) is 1.47. The number of β-amino-alcohol motifs (C(OH)–C–C–N with tert-alkyl or cyclic N) is 1. The van der Waals surface area contributed by atoms with Gasteiger partial charge in [-0.1, -0.05) is 13.8 Å². The van der Waals surface area contributed by atoms with Crippen LogP contribution in [0.15, 0.2) is 10.5 Å². The Hall–Kier alpha value is -2.68. The van der Waals surface area contributed by atoms with Gasteiger partial charge in [0.2, 0.25) is 5.91 Å². The molecule has 156 valence electrons. The van der Waals surface area contributed by atoms with Crippen LogP contribution in [0.2, 0.25) is 0 Å².